The molecular formula is C14H15N3. The molecule has 2 heterocycles. The molecule has 1 aromatic carbocycles. The lowest BCUT2D eigenvalue weighted by atomic mass is 10.2. The van der Waals surface area contributed by atoms with Gasteiger partial charge in [-0.15, -0.1) is 0 Å². The van der Waals surface area contributed by atoms with Gasteiger partial charge in [-0.05, 0) is 23.9 Å². The Bertz CT molecular complexity index is 619. The molecule has 1 aromatic heterocycles. The average molecular weight is 225 g/mol. The topological polar surface area (TPSA) is 29.0 Å². The molecule has 0 bridgehead atoms. The Labute approximate surface area is 100 Å². The van der Waals surface area contributed by atoms with E-state index in [9.17, 15) is 0 Å². The van der Waals surface area contributed by atoms with Gasteiger partial charge in [0.1, 0.15) is 0 Å². The van der Waals surface area contributed by atoms with Gasteiger partial charge in [-0.1, -0.05) is 24.8 Å². The molecule has 0 spiro atoms. The molecule has 2 N–H and O–H groups in total. The fraction of sp³-hybridized carbons (Fsp3) is 0.143. The maximum atomic E-state index is 3.83. The summed E-state index contributed by atoms with van der Waals surface area (Å²) >= 11 is 0. The highest BCUT2D eigenvalue weighted by molar-refractivity contribution is 5.83. The first-order chi connectivity index (χ1) is 8.24. The number of rotatable bonds is 2. The standard InChI is InChI=1S/C14H15N3/c1-10-4-3-5-12-6-7-17(14(10)12)9-13-8-15-11(2)16-13/h3-8,15-16H,2,9H2,1H3. The first kappa shape index (κ1) is 10.0. The number of para-hydroxylation sites is 1. The zero-order valence-electron chi connectivity index (χ0n) is 9.83. The first-order valence-electron chi connectivity index (χ1n) is 5.70. The largest absolute Gasteiger partial charge is 0.347 e. The number of aromatic nitrogens is 1. The summed E-state index contributed by atoms with van der Waals surface area (Å²) < 4.78 is 2.25. The van der Waals surface area contributed by atoms with Crippen LogP contribution < -0.4 is 10.6 Å². The molecule has 1 aliphatic rings. The van der Waals surface area contributed by atoms with E-state index in [2.05, 4.69) is 59.2 Å². The Kier molecular flexibility index (Phi) is 2.18. The summed E-state index contributed by atoms with van der Waals surface area (Å²) in [6, 6.07) is 8.54. The van der Waals surface area contributed by atoms with E-state index in [0.29, 0.717) is 0 Å². The van der Waals surface area contributed by atoms with Crippen molar-refractivity contribution in [1.29, 1.82) is 0 Å². The van der Waals surface area contributed by atoms with Gasteiger partial charge in [0.05, 0.1) is 23.6 Å². The highest BCUT2D eigenvalue weighted by Crippen LogP contribution is 2.20. The number of allylic oxidation sites excluding steroid dienone is 1. The summed E-state index contributed by atoms with van der Waals surface area (Å²) in [4.78, 5) is 0. The second-order valence-electron chi connectivity index (χ2n) is 4.37. The Morgan fingerprint density at radius 2 is 2.18 bits per heavy atom. The normalized spacial score (nSPS) is 14.6. The van der Waals surface area contributed by atoms with E-state index >= 15 is 0 Å². The number of hydrogen-bond acceptors (Lipinski definition) is 2. The Morgan fingerprint density at radius 1 is 1.29 bits per heavy atom. The number of aryl methyl sites for hydroxylation is 1. The molecule has 0 amide bonds. The SMILES string of the molecule is C=C1NC=C(Cn2ccc3cccc(C)c32)N1. The fourth-order valence-corrected chi connectivity index (χ4v) is 2.29. The molecule has 0 radical (unpaired) electrons. The minimum absolute atomic E-state index is 0.834. The summed E-state index contributed by atoms with van der Waals surface area (Å²) in [6.07, 6.45) is 4.09. The number of fused-ring (bicyclic) bond motifs is 1. The maximum absolute atomic E-state index is 3.83. The van der Waals surface area contributed by atoms with Crippen LogP contribution in [0.15, 0.2) is 54.8 Å². The average Bonchev–Trinajstić information content (AvgIpc) is 2.88. The van der Waals surface area contributed by atoms with Crippen molar-refractivity contribution < 1.29 is 0 Å². The molecule has 0 saturated carbocycles. The molecule has 3 rings (SSSR count). The Hall–Kier alpha value is -2.16. The first-order valence-corrected chi connectivity index (χ1v) is 5.70. The predicted octanol–water partition coefficient (Wildman–Crippen LogP) is 2.46. The Balaban J connectivity index is 1.98. The molecule has 17 heavy (non-hydrogen) atoms. The molecular weight excluding hydrogens is 210 g/mol. The van der Waals surface area contributed by atoms with Crippen molar-refractivity contribution in [3.63, 3.8) is 0 Å². The van der Waals surface area contributed by atoms with Crippen LogP contribution in [0.5, 0.6) is 0 Å². The van der Waals surface area contributed by atoms with Crippen LogP contribution in [0.4, 0.5) is 0 Å². The molecule has 1 aliphatic heterocycles. The molecule has 2 aromatic rings. The summed E-state index contributed by atoms with van der Waals surface area (Å²) in [7, 11) is 0. The van der Waals surface area contributed by atoms with Crippen LogP contribution in [-0.2, 0) is 6.54 Å². The van der Waals surface area contributed by atoms with Crippen molar-refractivity contribution in [2.75, 3.05) is 0 Å². The van der Waals surface area contributed by atoms with Gasteiger partial charge in [-0.2, -0.15) is 0 Å². The molecule has 86 valence electrons. The monoisotopic (exact) mass is 225 g/mol. The van der Waals surface area contributed by atoms with Crippen molar-refractivity contribution in [2.24, 2.45) is 0 Å². The van der Waals surface area contributed by atoms with Crippen LogP contribution in [0, 0.1) is 6.92 Å². The third kappa shape index (κ3) is 1.69. The van der Waals surface area contributed by atoms with Gasteiger partial charge < -0.3 is 15.2 Å². The van der Waals surface area contributed by atoms with E-state index in [1.165, 1.54) is 16.5 Å². The highest BCUT2D eigenvalue weighted by atomic mass is 15.2. The van der Waals surface area contributed by atoms with Crippen LogP contribution in [-0.4, -0.2) is 4.57 Å². The number of nitrogens with zero attached hydrogens (tertiary/aromatic N) is 1. The van der Waals surface area contributed by atoms with Crippen molar-refractivity contribution in [1.82, 2.24) is 15.2 Å². The van der Waals surface area contributed by atoms with E-state index in [0.717, 1.165) is 18.1 Å². The van der Waals surface area contributed by atoms with Crippen molar-refractivity contribution >= 4 is 10.9 Å². The molecule has 3 heteroatoms. The van der Waals surface area contributed by atoms with E-state index in [1.807, 2.05) is 6.20 Å². The quantitative estimate of drug-likeness (QED) is 0.822. The van der Waals surface area contributed by atoms with Gasteiger partial charge in [0, 0.05) is 12.4 Å². The third-order valence-corrected chi connectivity index (χ3v) is 3.06. The maximum Gasteiger partial charge on any atom is 0.0996 e. The van der Waals surface area contributed by atoms with Crippen molar-refractivity contribution in [3.05, 3.63) is 60.3 Å². The van der Waals surface area contributed by atoms with Gasteiger partial charge >= 0.3 is 0 Å². The predicted molar refractivity (Wildman–Crippen MR) is 70.2 cm³/mol. The third-order valence-electron chi connectivity index (χ3n) is 3.06. The lowest BCUT2D eigenvalue weighted by molar-refractivity contribution is 0.770. The highest BCUT2D eigenvalue weighted by Gasteiger charge is 2.09. The lowest BCUT2D eigenvalue weighted by Crippen LogP contribution is -2.13. The summed E-state index contributed by atoms with van der Waals surface area (Å²) in [6.45, 7) is 6.81. The van der Waals surface area contributed by atoms with Gasteiger partial charge in [0.15, 0.2) is 0 Å². The van der Waals surface area contributed by atoms with Crippen LogP contribution in [0.25, 0.3) is 10.9 Å². The van der Waals surface area contributed by atoms with Gasteiger partial charge in [-0.3, -0.25) is 0 Å². The molecule has 0 aliphatic carbocycles. The minimum Gasteiger partial charge on any atom is -0.347 e. The van der Waals surface area contributed by atoms with E-state index in [-0.39, 0.29) is 0 Å². The number of hydrogen-bond donors (Lipinski definition) is 2. The number of benzene rings is 1. The summed E-state index contributed by atoms with van der Waals surface area (Å²) in [5.41, 5.74) is 3.74. The summed E-state index contributed by atoms with van der Waals surface area (Å²) in [5.74, 6) is 0.841. The van der Waals surface area contributed by atoms with Crippen LogP contribution in [0.1, 0.15) is 5.56 Å². The summed E-state index contributed by atoms with van der Waals surface area (Å²) in [5, 5.41) is 7.56. The molecule has 3 nitrogen and oxygen atoms in total. The van der Waals surface area contributed by atoms with Crippen molar-refractivity contribution in [2.45, 2.75) is 13.5 Å². The van der Waals surface area contributed by atoms with Gasteiger partial charge in [-0.25, -0.2) is 0 Å². The molecule has 0 unspecified atom stereocenters. The van der Waals surface area contributed by atoms with Crippen LogP contribution in [0.2, 0.25) is 0 Å². The van der Waals surface area contributed by atoms with Crippen LogP contribution in [0.3, 0.4) is 0 Å². The lowest BCUT2D eigenvalue weighted by Gasteiger charge is -2.08. The fourth-order valence-electron chi connectivity index (χ4n) is 2.29. The zero-order valence-corrected chi connectivity index (χ0v) is 9.83. The zero-order chi connectivity index (χ0) is 11.8. The number of nitrogens with one attached hydrogen (secondary N) is 2. The van der Waals surface area contributed by atoms with Crippen LogP contribution >= 0.6 is 0 Å². The molecule has 0 fully saturated rings. The van der Waals surface area contributed by atoms with E-state index < -0.39 is 0 Å². The molecule has 0 saturated heterocycles. The second kappa shape index (κ2) is 3.70. The van der Waals surface area contributed by atoms with E-state index in [4.69, 9.17) is 0 Å². The Morgan fingerprint density at radius 3 is 2.94 bits per heavy atom. The second-order valence-corrected chi connectivity index (χ2v) is 4.37. The van der Waals surface area contributed by atoms with Crippen molar-refractivity contribution in [3.8, 4) is 0 Å². The van der Waals surface area contributed by atoms with Gasteiger partial charge in [0.2, 0.25) is 0 Å². The van der Waals surface area contributed by atoms with Gasteiger partial charge in [0.25, 0.3) is 0 Å². The molecule has 0 atom stereocenters. The smallest absolute Gasteiger partial charge is 0.0996 e. The minimum atomic E-state index is 0.834. The van der Waals surface area contributed by atoms with E-state index in [1.54, 1.807) is 0 Å².